The van der Waals surface area contributed by atoms with Gasteiger partial charge in [0.25, 0.3) is 0 Å². The zero-order valence-corrected chi connectivity index (χ0v) is 14.7. The van der Waals surface area contributed by atoms with Crippen molar-refractivity contribution in [1.82, 2.24) is 20.4 Å². The number of amides is 2. The number of hydrogen-bond donors (Lipinski definition) is 2. The molecule has 0 spiro atoms. The molecule has 3 aliphatic heterocycles. The van der Waals surface area contributed by atoms with Gasteiger partial charge >= 0.3 is 0 Å². The number of piperazine rings is 1. The Balaban J connectivity index is 1.68. The Morgan fingerprint density at radius 3 is 2.75 bits per heavy atom. The Morgan fingerprint density at radius 2 is 2.04 bits per heavy atom. The molecule has 136 valence electrons. The van der Waals surface area contributed by atoms with Gasteiger partial charge in [-0.1, -0.05) is 0 Å². The molecule has 24 heavy (non-hydrogen) atoms. The lowest BCUT2D eigenvalue weighted by Crippen LogP contribution is -2.60. The van der Waals surface area contributed by atoms with Gasteiger partial charge in [-0.3, -0.25) is 9.59 Å². The van der Waals surface area contributed by atoms with Gasteiger partial charge in [0.2, 0.25) is 11.8 Å². The van der Waals surface area contributed by atoms with Crippen LogP contribution >= 0.6 is 0 Å². The maximum atomic E-state index is 13.3. The van der Waals surface area contributed by atoms with E-state index in [0.29, 0.717) is 19.7 Å². The van der Waals surface area contributed by atoms with Crippen molar-refractivity contribution in [2.24, 2.45) is 5.41 Å². The second kappa shape index (κ2) is 7.80. The molecule has 0 radical (unpaired) electrons. The van der Waals surface area contributed by atoms with Crippen LogP contribution in [0.25, 0.3) is 0 Å². The second-order valence-electron chi connectivity index (χ2n) is 7.27. The van der Waals surface area contributed by atoms with Gasteiger partial charge in [0.15, 0.2) is 0 Å². The van der Waals surface area contributed by atoms with Crippen molar-refractivity contribution < 1.29 is 14.3 Å². The van der Waals surface area contributed by atoms with Crippen molar-refractivity contribution >= 4 is 11.8 Å². The Bertz CT molecular complexity index is 459. The van der Waals surface area contributed by atoms with Crippen LogP contribution in [0.2, 0.25) is 0 Å². The van der Waals surface area contributed by atoms with Gasteiger partial charge in [-0.15, -0.1) is 0 Å². The van der Waals surface area contributed by atoms with Crippen LogP contribution in [0.5, 0.6) is 0 Å². The monoisotopic (exact) mass is 338 g/mol. The third kappa shape index (κ3) is 3.58. The third-order valence-electron chi connectivity index (χ3n) is 5.69. The number of likely N-dealkylation sites (tertiary alicyclic amines) is 1. The lowest BCUT2D eigenvalue weighted by atomic mass is 9.77. The molecule has 7 nitrogen and oxygen atoms in total. The Labute approximate surface area is 144 Å². The summed E-state index contributed by atoms with van der Waals surface area (Å²) in [7, 11) is 1.68. The summed E-state index contributed by atoms with van der Waals surface area (Å²) < 4.78 is 5.41. The van der Waals surface area contributed by atoms with E-state index in [2.05, 4.69) is 10.6 Å². The summed E-state index contributed by atoms with van der Waals surface area (Å²) in [5.74, 6) is 0.382. The molecule has 3 heterocycles. The van der Waals surface area contributed by atoms with Crippen molar-refractivity contribution in [2.45, 2.75) is 31.7 Å². The summed E-state index contributed by atoms with van der Waals surface area (Å²) in [5.41, 5.74) is -0.393. The van der Waals surface area contributed by atoms with Crippen LogP contribution in [0.4, 0.5) is 0 Å². The van der Waals surface area contributed by atoms with Crippen LogP contribution in [-0.2, 0) is 14.3 Å². The molecule has 0 aromatic carbocycles. The second-order valence-corrected chi connectivity index (χ2v) is 7.27. The predicted molar refractivity (Wildman–Crippen MR) is 90.6 cm³/mol. The van der Waals surface area contributed by atoms with Crippen LogP contribution < -0.4 is 10.6 Å². The molecular formula is C17H30N4O3. The van der Waals surface area contributed by atoms with Crippen LogP contribution in [0.1, 0.15) is 25.7 Å². The number of nitrogens with zero attached hydrogens (tertiary/aromatic N) is 2. The van der Waals surface area contributed by atoms with Crippen molar-refractivity contribution in [1.29, 1.82) is 0 Å². The van der Waals surface area contributed by atoms with Crippen molar-refractivity contribution in [3.8, 4) is 0 Å². The predicted octanol–water partition coefficient (Wildman–Crippen LogP) is -0.575. The normalized spacial score (nSPS) is 28.0. The van der Waals surface area contributed by atoms with Crippen LogP contribution in [-0.4, -0.2) is 87.2 Å². The zero-order chi connectivity index (χ0) is 17.0. The fraction of sp³-hybridized carbons (Fsp3) is 0.882. The number of ether oxygens (including phenoxy) is 1. The molecule has 3 fully saturated rings. The van der Waals surface area contributed by atoms with Gasteiger partial charge in [0.1, 0.15) is 0 Å². The topological polar surface area (TPSA) is 73.9 Å². The van der Waals surface area contributed by atoms with Gasteiger partial charge in [0, 0.05) is 39.3 Å². The van der Waals surface area contributed by atoms with Crippen LogP contribution in [0.15, 0.2) is 0 Å². The number of hydrogen-bond acceptors (Lipinski definition) is 5. The third-order valence-corrected chi connectivity index (χ3v) is 5.69. The van der Waals surface area contributed by atoms with Gasteiger partial charge in [0.05, 0.1) is 18.6 Å². The quantitative estimate of drug-likeness (QED) is 0.718. The summed E-state index contributed by atoms with van der Waals surface area (Å²) in [6.07, 6.45) is 3.62. The van der Waals surface area contributed by atoms with E-state index < -0.39 is 5.41 Å². The Kier molecular flexibility index (Phi) is 5.73. The Morgan fingerprint density at radius 1 is 1.25 bits per heavy atom. The van der Waals surface area contributed by atoms with E-state index in [1.54, 1.807) is 7.11 Å². The highest BCUT2D eigenvalue weighted by Gasteiger charge is 2.44. The molecule has 1 unspecified atom stereocenters. The minimum absolute atomic E-state index is 0.161. The summed E-state index contributed by atoms with van der Waals surface area (Å²) in [6.45, 7) is 5.70. The van der Waals surface area contributed by atoms with Crippen molar-refractivity contribution in [3.05, 3.63) is 0 Å². The molecule has 0 bridgehead atoms. The maximum Gasteiger partial charge on any atom is 0.236 e. The first-order valence-electron chi connectivity index (χ1n) is 9.15. The zero-order valence-electron chi connectivity index (χ0n) is 14.7. The van der Waals surface area contributed by atoms with E-state index >= 15 is 0 Å². The average molecular weight is 338 g/mol. The molecule has 2 N–H and O–H groups in total. The SMILES string of the molecule is COCC1(C(=O)N2CCCC(N3CCNCC3=O)C2)CCNCC1. The van der Waals surface area contributed by atoms with E-state index in [-0.39, 0.29) is 17.9 Å². The molecular weight excluding hydrogens is 308 g/mol. The summed E-state index contributed by atoms with van der Waals surface area (Å²) in [4.78, 5) is 29.4. The molecule has 0 aliphatic carbocycles. The van der Waals surface area contributed by atoms with E-state index in [4.69, 9.17) is 4.74 Å². The van der Waals surface area contributed by atoms with Gasteiger partial charge in [-0.2, -0.15) is 0 Å². The number of nitrogens with one attached hydrogen (secondary N) is 2. The van der Waals surface area contributed by atoms with E-state index in [0.717, 1.165) is 58.4 Å². The highest BCUT2D eigenvalue weighted by atomic mass is 16.5. The molecule has 0 aromatic rings. The summed E-state index contributed by atoms with van der Waals surface area (Å²) in [5, 5.41) is 6.45. The molecule has 7 heteroatoms. The molecule has 1 atom stereocenters. The minimum Gasteiger partial charge on any atom is -0.384 e. The number of piperidine rings is 2. The molecule has 3 aliphatic rings. The minimum atomic E-state index is -0.393. The molecule has 3 rings (SSSR count). The molecule has 3 saturated heterocycles. The largest absolute Gasteiger partial charge is 0.384 e. The first-order valence-corrected chi connectivity index (χ1v) is 9.15. The highest BCUT2D eigenvalue weighted by molar-refractivity contribution is 5.83. The number of rotatable bonds is 4. The van der Waals surface area contributed by atoms with Gasteiger partial charge in [-0.25, -0.2) is 0 Å². The number of carbonyl (C=O) groups excluding carboxylic acids is 2. The number of carbonyl (C=O) groups is 2. The lowest BCUT2D eigenvalue weighted by molar-refractivity contribution is -0.151. The highest BCUT2D eigenvalue weighted by Crippen LogP contribution is 2.33. The first kappa shape index (κ1) is 17.6. The van der Waals surface area contributed by atoms with Gasteiger partial charge in [-0.05, 0) is 38.8 Å². The van der Waals surface area contributed by atoms with E-state index in [1.807, 2.05) is 9.80 Å². The van der Waals surface area contributed by atoms with E-state index in [1.165, 1.54) is 0 Å². The molecule has 2 amide bonds. The average Bonchev–Trinajstić information content (AvgIpc) is 2.62. The van der Waals surface area contributed by atoms with Crippen molar-refractivity contribution in [2.75, 3.05) is 59.5 Å². The summed E-state index contributed by atoms with van der Waals surface area (Å²) >= 11 is 0. The fourth-order valence-corrected chi connectivity index (χ4v) is 4.34. The van der Waals surface area contributed by atoms with Gasteiger partial charge < -0.3 is 25.2 Å². The first-order chi connectivity index (χ1) is 11.7. The van der Waals surface area contributed by atoms with Crippen LogP contribution in [0, 0.1) is 5.41 Å². The lowest BCUT2D eigenvalue weighted by Gasteiger charge is -2.45. The fourth-order valence-electron chi connectivity index (χ4n) is 4.34. The van der Waals surface area contributed by atoms with Crippen LogP contribution in [0.3, 0.4) is 0 Å². The number of methoxy groups -OCH3 is 1. The maximum absolute atomic E-state index is 13.3. The molecule has 0 aromatic heterocycles. The smallest absolute Gasteiger partial charge is 0.236 e. The van der Waals surface area contributed by atoms with E-state index in [9.17, 15) is 9.59 Å². The standard InChI is InChI=1S/C17H30N4O3/c1-24-13-17(4-6-18-7-5-17)16(23)20-9-2-3-14(12-20)21-10-8-19-11-15(21)22/h14,18-19H,2-13H2,1H3. The molecule has 0 saturated carbocycles. The Hall–Kier alpha value is -1.18. The van der Waals surface area contributed by atoms with Crippen molar-refractivity contribution in [3.63, 3.8) is 0 Å². The summed E-state index contributed by atoms with van der Waals surface area (Å²) in [6, 6.07) is 0.165.